The van der Waals surface area contributed by atoms with Gasteiger partial charge in [0.05, 0.1) is 12.6 Å². The molecule has 4 nitrogen and oxygen atoms in total. The zero-order chi connectivity index (χ0) is 18.6. The van der Waals surface area contributed by atoms with E-state index < -0.39 is 0 Å². The van der Waals surface area contributed by atoms with Gasteiger partial charge in [-0.15, -0.1) is 0 Å². The van der Waals surface area contributed by atoms with Gasteiger partial charge in [-0.05, 0) is 55.0 Å². The van der Waals surface area contributed by atoms with Gasteiger partial charge in [0.15, 0.2) is 0 Å². The molecule has 0 aromatic heterocycles. The standard InChI is InChI=1S/C23H25NO3/c1-2-26-22-12-8-18(9-13-22)19-14-20-10-11-21(15-19)24(20)23(25)27-16-17-6-4-3-5-7-17/h3-9,12-14,20-21H,2,10-11,15-16H2,1H3. The van der Waals surface area contributed by atoms with E-state index >= 15 is 0 Å². The first-order valence-corrected chi connectivity index (χ1v) is 9.67. The van der Waals surface area contributed by atoms with E-state index in [4.69, 9.17) is 9.47 Å². The number of carbonyl (C=O) groups is 1. The van der Waals surface area contributed by atoms with Crippen LogP contribution >= 0.6 is 0 Å². The maximum atomic E-state index is 12.6. The lowest BCUT2D eigenvalue weighted by Gasteiger charge is -2.33. The molecule has 2 bridgehead atoms. The van der Waals surface area contributed by atoms with E-state index in [9.17, 15) is 4.79 Å². The van der Waals surface area contributed by atoms with Gasteiger partial charge in [-0.3, -0.25) is 4.90 Å². The Bertz CT molecular complexity index is 813. The van der Waals surface area contributed by atoms with Crippen LogP contribution in [0.3, 0.4) is 0 Å². The van der Waals surface area contributed by atoms with Crippen LogP contribution < -0.4 is 4.74 Å². The van der Waals surface area contributed by atoms with Crippen LogP contribution in [0.25, 0.3) is 5.57 Å². The maximum Gasteiger partial charge on any atom is 0.410 e. The number of fused-ring (bicyclic) bond motifs is 2. The highest BCUT2D eigenvalue weighted by Gasteiger charge is 2.40. The third-order valence-electron chi connectivity index (χ3n) is 5.35. The molecule has 4 rings (SSSR count). The summed E-state index contributed by atoms with van der Waals surface area (Å²) in [6.07, 6.45) is 4.95. The predicted octanol–water partition coefficient (Wildman–Crippen LogP) is 5.04. The molecule has 0 N–H and O–H groups in total. The van der Waals surface area contributed by atoms with E-state index in [1.165, 1.54) is 11.1 Å². The largest absolute Gasteiger partial charge is 0.494 e. The summed E-state index contributed by atoms with van der Waals surface area (Å²) in [5.41, 5.74) is 3.55. The van der Waals surface area contributed by atoms with Crippen molar-refractivity contribution < 1.29 is 14.3 Å². The van der Waals surface area contributed by atoms with E-state index in [1.54, 1.807) is 0 Å². The molecule has 1 fully saturated rings. The number of carbonyl (C=O) groups excluding carboxylic acids is 1. The molecule has 0 spiro atoms. The number of hydrogen-bond donors (Lipinski definition) is 0. The topological polar surface area (TPSA) is 38.8 Å². The third kappa shape index (κ3) is 3.85. The number of hydrogen-bond acceptors (Lipinski definition) is 3. The Morgan fingerprint density at radius 1 is 1.07 bits per heavy atom. The summed E-state index contributed by atoms with van der Waals surface area (Å²) < 4.78 is 11.1. The van der Waals surface area contributed by atoms with E-state index in [2.05, 4.69) is 18.2 Å². The van der Waals surface area contributed by atoms with Crippen LogP contribution in [0.4, 0.5) is 4.79 Å². The van der Waals surface area contributed by atoms with Gasteiger partial charge in [0.2, 0.25) is 0 Å². The maximum absolute atomic E-state index is 12.6. The lowest BCUT2D eigenvalue weighted by atomic mass is 9.95. The van der Waals surface area contributed by atoms with Crippen molar-refractivity contribution >= 4 is 11.7 Å². The normalized spacial score (nSPS) is 20.9. The van der Waals surface area contributed by atoms with Gasteiger partial charge in [-0.25, -0.2) is 4.79 Å². The monoisotopic (exact) mass is 363 g/mol. The summed E-state index contributed by atoms with van der Waals surface area (Å²) in [5, 5.41) is 0. The van der Waals surface area contributed by atoms with Crippen LogP contribution in [0.5, 0.6) is 5.75 Å². The van der Waals surface area contributed by atoms with Gasteiger partial charge in [0, 0.05) is 6.04 Å². The zero-order valence-electron chi connectivity index (χ0n) is 15.6. The molecule has 2 aliphatic heterocycles. The van der Waals surface area contributed by atoms with Crippen LogP contribution in [0, 0.1) is 0 Å². The van der Waals surface area contributed by atoms with E-state index in [-0.39, 0.29) is 18.2 Å². The minimum absolute atomic E-state index is 0.133. The van der Waals surface area contributed by atoms with Crippen LogP contribution in [0.2, 0.25) is 0 Å². The van der Waals surface area contributed by atoms with Crippen LogP contribution in [-0.4, -0.2) is 29.7 Å². The average Bonchev–Trinajstić information content (AvgIpc) is 2.97. The Labute approximate surface area is 160 Å². The van der Waals surface area contributed by atoms with Gasteiger partial charge in [-0.2, -0.15) is 0 Å². The van der Waals surface area contributed by atoms with E-state index in [0.717, 1.165) is 30.6 Å². The summed E-state index contributed by atoms with van der Waals surface area (Å²) in [7, 11) is 0. The fourth-order valence-electron chi connectivity index (χ4n) is 4.05. The zero-order valence-corrected chi connectivity index (χ0v) is 15.6. The summed E-state index contributed by atoms with van der Waals surface area (Å²) in [6.45, 7) is 2.98. The van der Waals surface area contributed by atoms with Crippen LogP contribution in [0.1, 0.15) is 37.3 Å². The second-order valence-electron chi connectivity index (χ2n) is 7.10. The lowest BCUT2D eigenvalue weighted by molar-refractivity contribution is 0.0832. The molecule has 0 aliphatic carbocycles. The van der Waals surface area contributed by atoms with Crippen molar-refractivity contribution in [2.24, 2.45) is 0 Å². The van der Waals surface area contributed by atoms with Gasteiger partial charge in [0.25, 0.3) is 0 Å². The van der Waals surface area contributed by atoms with Gasteiger partial charge >= 0.3 is 6.09 Å². The first-order valence-electron chi connectivity index (χ1n) is 9.67. The molecule has 1 amide bonds. The Hall–Kier alpha value is -2.75. The second-order valence-corrected chi connectivity index (χ2v) is 7.10. The quantitative estimate of drug-likeness (QED) is 0.747. The number of amides is 1. The van der Waals surface area contributed by atoms with Gasteiger partial charge in [-0.1, -0.05) is 48.5 Å². The molecule has 4 heteroatoms. The molecule has 2 unspecified atom stereocenters. The van der Waals surface area contributed by atoms with Crippen molar-refractivity contribution in [1.82, 2.24) is 4.90 Å². The first-order chi connectivity index (χ1) is 13.2. The molecule has 2 aromatic rings. The fourth-order valence-corrected chi connectivity index (χ4v) is 4.05. The lowest BCUT2D eigenvalue weighted by Crippen LogP contribution is -2.43. The molecular formula is C23H25NO3. The molecule has 2 aromatic carbocycles. The average molecular weight is 363 g/mol. The Morgan fingerprint density at radius 3 is 2.56 bits per heavy atom. The van der Waals surface area contributed by atoms with Crippen molar-refractivity contribution in [3.63, 3.8) is 0 Å². The highest BCUT2D eigenvalue weighted by molar-refractivity contribution is 5.75. The molecule has 2 heterocycles. The molecule has 140 valence electrons. The van der Waals surface area contributed by atoms with Gasteiger partial charge < -0.3 is 9.47 Å². The summed E-state index contributed by atoms with van der Waals surface area (Å²) in [5.74, 6) is 0.895. The highest BCUT2D eigenvalue weighted by atomic mass is 16.6. The molecule has 27 heavy (non-hydrogen) atoms. The summed E-state index contributed by atoms with van der Waals surface area (Å²) in [6, 6.07) is 18.4. The SMILES string of the molecule is CCOc1ccc(C2=CC3CCC(C2)N3C(=O)OCc2ccccc2)cc1. The Morgan fingerprint density at radius 2 is 1.85 bits per heavy atom. The second kappa shape index (κ2) is 7.87. The van der Waals surface area contributed by atoms with Gasteiger partial charge in [0.1, 0.15) is 12.4 Å². The van der Waals surface area contributed by atoms with E-state index in [1.807, 2.05) is 54.3 Å². The van der Waals surface area contributed by atoms with E-state index in [0.29, 0.717) is 13.2 Å². The van der Waals surface area contributed by atoms with Crippen LogP contribution in [0.15, 0.2) is 60.7 Å². The molecule has 2 atom stereocenters. The minimum atomic E-state index is -0.201. The van der Waals surface area contributed by atoms with Crippen molar-refractivity contribution in [1.29, 1.82) is 0 Å². The van der Waals surface area contributed by atoms with Crippen molar-refractivity contribution in [3.05, 3.63) is 71.8 Å². The fraction of sp³-hybridized carbons (Fsp3) is 0.348. The van der Waals surface area contributed by atoms with Crippen molar-refractivity contribution in [3.8, 4) is 5.75 Å². The number of rotatable bonds is 5. The summed E-state index contributed by atoms with van der Waals surface area (Å²) >= 11 is 0. The Kier molecular flexibility index (Phi) is 5.14. The molecule has 1 saturated heterocycles. The van der Waals surface area contributed by atoms with Crippen molar-refractivity contribution in [2.75, 3.05) is 6.61 Å². The third-order valence-corrected chi connectivity index (χ3v) is 5.35. The number of ether oxygens (including phenoxy) is 2. The molecule has 0 saturated carbocycles. The van der Waals surface area contributed by atoms with Crippen molar-refractivity contribution in [2.45, 2.75) is 44.9 Å². The predicted molar refractivity (Wildman–Crippen MR) is 105 cm³/mol. The molecule has 0 radical (unpaired) electrons. The summed E-state index contributed by atoms with van der Waals surface area (Å²) in [4.78, 5) is 14.6. The first kappa shape index (κ1) is 17.7. The smallest absolute Gasteiger partial charge is 0.410 e. The number of nitrogens with zero attached hydrogens (tertiary/aromatic N) is 1. The minimum Gasteiger partial charge on any atom is -0.494 e. The van der Waals surface area contributed by atoms with Crippen LogP contribution in [-0.2, 0) is 11.3 Å². The molecule has 2 aliphatic rings. The number of benzene rings is 2. The molecular weight excluding hydrogens is 338 g/mol. The highest BCUT2D eigenvalue weighted by Crippen LogP contribution is 2.39. The Balaban J connectivity index is 1.43.